The maximum absolute atomic E-state index is 11.3. The third kappa shape index (κ3) is 3.74. The number of hydrogen-bond acceptors (Lipinski definition) is 4. The number of pyridine rings is 1. The molecule has 0 radical (unpaired) electrons. The van der Waals surface area contributed by atoms with Gasteiger partial charge in [0, 0.05) is 49.1 Å². The molecule has 0 aliphatic carbocycles. The van der Waals surface area contributed by atoms with Gasteiger partial charge in [-0.05, 0) is 42.7 Å². The van der Waals surface area contributed by atoms with Gasteiger partial charge < -0.3 is 24.6 Å². The average molecular weight is 380 g/mol. The Kier molecular flexibility index (Phi) is 5.06. The molecule has 1 aliphatic rings. The van der Waals surface area contributed by atoms with Crippen molar-refractivity contribution in [3.05, 3.63) is 54.4 Å². The molecule has 1 aliphatic heterocycles. The monoisotopic (exact) mass is 380 g/mol. The van der Waals surface area contributed by atoms with Gasteiger partial charge in [0.1, 0.15) is 11.4 Å². The van der Waals surface area contributed by atoms with E-state index in [1.165, 1.54) is 10.5 Å². The van der Waals surface area contributed by atoms with E-state index >= 15 is 0 Å². The largest absolute Gasteiger partial charge is 0.497 e. The predicted molar refractivity (Wildman–Crippen MR) is 108 cm³/mol. The lowest BCUT2D eigenvalue weighted by atomic mass is 10.1. The lowest BCUT2D eigenvalue weighted by molar-refractivity contribution is 0.133. The van der Waals surface area contributed by atoms with Gasteiger partial charge in [-0.25, -0.2) is 9.78 Å². The number of carboxylic acid groups (broad SMARTS) is 1. The number of aromatic nitrogens is 2. The predicted octanol–water partition coefficient (Wildman–Crippen LogP) is 3.65. The number of fused-ring (bicyclic) bond motifs is 1. The molecule has 3 heterocycles. The molecule has 2 N–H and O–H groups in total. The summed E-state index contributed by atoms with van der Waals surface area (Å²) in [6.07, 6.45) is 4.82. The first kappa shape index (κ1) is 18.2. The molecule has 1 amide bonds. The fourth-order valence-corrected chi connectivity index (χ4v) is 3.76. The number of hydrogen-bond donors (Lipinski definition) is 2. The summed E-state index contributed by atoms with van der Waals surface area (Å²) in [5.74, 6) is 0.841. The Bertz CT molecular complexity index is 967. The van der Waals surface area contributed by atoms with Gasteiger partial charge in [0.15, 0.2) is 0 Å². The van der Waals surface area contributed by atoms with Crippen molar-refractivity contribution in [1.29, 1.82) is 0 Å². The highest BCUT2D eigenvalue weighted by Crippen LogP contribution is 2.26. The second-order valence-corrected chi connectivity index (χ2v) is 7.10. The Balaban J connectivity index is 1.53. The zero-order valence-electron chi connectivity index (χ0n) is 15.8. The number of nitrogens with zero attached hydrogens (tertiary/aromatic N) is 3. The quantitative estimate of drug-likeness (QED) is 0.706. The summed E-state index contributed by atoms with van der Waals surface area (Å²) >= 11 is 0. The number of nitrogens with one attached hydrogen (secondary N) is 1. The molecule has 2 aromatic heterocycles. The summed E-state index contributed by atoms with van der Waals surface area (Å²) in [6, 6.07) is 12.1. The van der Waals surface area contributed by atoms with E-state index in [0.29, 0.717) is 13.1 Å². The van der Waals surface area contributed by atoms with Crippen molar-refractivity contribution in [2.75, 3.05) is 25.5 Å². The maximum atomic E-state index is 11.3. The van der Waals surface area contributed by atoms with Crippen molar-refractivity contribution in [2.24, 2.45) is 0 Å². The molecule has 1 aromatic carbocycles. The average Bonchev–Trinajstić information content (AvgIpc) is 3.13. The minimum absolute atomic E-state index is 0.111. The highest BCUT2D eigenvalue weighted by atomic mass is 16.5. The van der Waals surface area contributed by atoms with Crippen molar-refractivity contribution in [2.45, 2.75) is 25.4 Å². The van der Waals surface area contributed by atoms with E-state index < -0.39 is 6.09 Å². The highest BCUT2D eigenvalue weighted by Gasteiger charge is 2.23. The van der Waals surface area contributed by atoms with Crippen molar-refractivity contribution in [3.8, 4) is 5.75 Å². The maximum Gasteiger partial charge on any atom is 0.407 e. The Morgan fingerprint density at radius 1 is 1.29 bits per heavy atom. The molecule has 1 atom stereocenters. The van der Waals surface area contributed by atoms with Crippen LogP contribution in [0.4, 0.5) is 10.5 Å². The standard InChI is InChI=1S/C21H24N4O3/c1-28-17-6-4-15(5-7-17)13-24-12-9-18-19(8-10-22-20(18)24)23-16-3-2-11-25(14-16)21(26)27/h4-10,12,16H,2-3,11,13-14H2,1H3,(H,22,23)(H,26,27). The molecular formula is C21H24N4O3. The van der Waals surface area contributed by atoms with E-state index in [1.54, 1.807) is 13.3 Å². The van der Waals surface area contributed by atoms with Crippen LogP contribution in [0.25, 0.3) is 11.0 Å². The van der Waals surface area contributed by atoms with Gasteiger partial charge in [0.2, 0.25) is 0 Å². The van der Waals surface area contributed by atoms with Crippen LogP contribution >= 0.6 is 0 Å². The molecule has 28 heavy (non-hydrogen) atoms. The van der Waals surface area contributed by atoms with Gasteiger partial charge >= 0.3 is 6.09 Å². The summed E-state index contributed by atoms with van der Waals surface area (Å²) in [5.41, 5.74) is 3.07. The van der Waals surface area contributed by atoms with E-state index in [-0.39, 0.29) is 6.04 Å². The van der Waals surface area contributed by atoms with E-state index in [2.05, 4.69) is 33.1 Å². The van der Waals surface area contributed by atoms with E-state index in [9.17, 15) is 9.90 Å². The fourth-order valence-electron chi connectivity index (χ4n) is 3.76. The van der Waals surface area contributed by atoms with E-state index in [0.717, 1.165) is 41.9 Å². The molecular weight excluding hydrogens is 356 g/mol. The van der Waals surface area contributed by atoms with Crippen LogP contribution in [0.15, 0.2) is 48.8 Å². The SMILES string of the molecule is COc1ccc(Cn2ccc3c(NC4CCCN(C(=O)O)C4)ccnc32)cc1. The Labute approximate surface area is 163 Å². The third-order valence-corrected chi connectivity index (χ3v) is 5.23. The second kappa shape index (κ2) is 7.80. The van der Waals surface area contributed by atoms with Gasteiger partial charge in [-0.15, -0.1) is 0 Å². The fraction of sp³-hybridized carbons (Fsp3) is 0.333. The number of ether oxygens (including phenoxy) is 1. The minimum atomic E-state index is -0.850. The molecule has 1 unspecified atom stereocenters. The molecule has 146 valence electrons. The molecule has 4 rings (SSSR count). The molecule has 7 heteroatoms. The number of methoxy groups -OCH3 is 1. The molecule has 1 saturated heterocycles. The minimum Gasteiger partial charge on any atom is -0.497 e. The molecule has 3 aromatic rings. The second-order valence-electron chi connectivity index (χ2n) is 7.10. The topological polar surface area (TPSA) is 79.6 Å². The lowest BCUT2D eigenvalue weighted by Gasteiger charge is -2.31. The summed E-state index contributed by atoms with van der Waals surface area (Å²) in [6.45, 7) is 1.84. The first-order valence-electron chi connectivity index (χ1n) is 9.45. The van der Waals surface area contributed by atoms with Gasteiger partial charge in [0.25, 0.3) is 0 Å². The molecule has 0 saturated carbocycles. The van der Waals surface area contributed by atoms with Crippen LogP contribution in [0.5, 0.6) is 5.75 Å². The highest BCUT2D eigenvalue weighted by molar-refractivity contribution is 5.89. The zero-order valence-corrected chi connectivity index (χ0v) is 15.8. The first-order chi connectivity index (χ1) is 13.6. The van der Waals surface area contributed by atoms with Crippen LogP contribution in [-0.4, -0.2) is 51.9 Å². The number of rotatable bonds is 5. The summed E-state index contributed by atoms with van der Waals surface area (Å²) < 4.78 is 7.34. The first-order valence-corrected chi connectivity index (χ1v) is 9.45. The lowest BCUT2D eigenvalue weighted by Crippen LogP contribution is -2.44. The number of piperidine rings is 1. The van der Waals surface area contributed by atoms with Crippen LogP contribution in [-0.2, 0) is 6.54 Å². The molecule has 7 nitrogen and oxygen atoms in total. The van der Waals surface area contributed by atoms with Gasteiger partial charge in [-0.2, -0.15) is 0 Å². The number of anilines is 1. The van der Waals surface area contributed by atoms with Crippen LogP contribution in [0.3, 0.4) is 0 Å². The van der Waals surface area contributed by atoms with Gasteiger partial charge in [0.05, 0.1) is 7.11 Å². The Morgan fingerprint density at radius 2 is 2.11 bits per heavy atom. The van der Waals surface area contributed by atoms with Crippen molar-refractivity contribution >= 4 is 22.8 Å². The molecule has 0 spiro atoms. The van der Waals surface area contributed by atoms with Crippen LogP contribution in [0.1, 0.15) is 18.4 Å². The summed E-state index contributed by atoms with van der Waals surface area (Å²) in [7, 11) is 1.66. The third-order valence-electron chi connectivity index (χ3n) is 5.23. The summed E-state index contributed by atoms with van der Waals surface area (Å²) in [5, 5.41) is 13.8. The smallest absolute Gasteiger partial charge is 0.407 e. The van der Waals surface area contributed by atoms with Crippen LogP contribution < -0.4 is 10.1 Å². The molecule has 0 bridgehead atoms. The van der Waals surface area contributed by atoms with Crippen molar-refractivity contribution in [1.82, 2.24) is 14.5 Å². The number of benzene rings is 1. The van der Waals surface area contributed by atoms with Gasteiger partial charge in [-0.1, -0.05) is 12.1 Å². The Hall–Kier alpha value is -3.22. The normalized spacial score (nSPS) is 16.9. The zero-order chi connectivity index (χ0) is 19.5. The van der Waals surface area contributed by atoms with Crippen LogP contribution in [0.2, 0.25) is 0 Å². The van der Waals surface area contributed by atoms with E-state index in [1.807, 2.05) is 24.4 Å². The molecule has 1 fully saturated rings. The Morgan fingerprint density at radius 3 is 2.86 bits per heavy atom. The van der Waals surface area contributed by atoms with Crippen LogP contribution in [0, 0.1) is 0 Å². The van der Waals surface area contributed by atoms with Crippen molar-refractivity contribution in [3.63, 3.8) is 0 Å². The number of carbonyl (C=O) groups is 1. The van der Waals surface area contributed by atoms with Gasteiger partial charge in [-0.3, -0.25) is 0 Å². The van der Waals surface area contributed by atoms with E-state index in [4.69, 9.17) is 4.74 Å². The number of likely N-dealkylation sites (tertiary alicyclic amines) is 1. The number of amides is 1. The van der Waals surface area contributed by atoms with Crippen molar-refractivity contribution < 1.29 is 14.6 Å². The summed E-state index contributed by atoms with van der Waals surface area (Å²) in [4.78, 5) is 17.3.